The monoisotopic (exact) mass is 492 g/mol. The van der Waals surface area contributed by atoms with Crippen LogP contribution >= 0.6 is 0 Å². The molecule has 8 nitrogen and oxygen atoms in total. The second-order valence-electron chi connectivity index (χ2n) is 9.69. The summed E-state index contributed by atoms with van der Waals surface area (Å²) in [5, 5.41) is 11.3. The topological polar surface area (TPSA) is 88.5 Å². The Kier molecular flexibility index (Phi) is 6.98. The van der Waals surface area contributed by atoms with Gasteiger partial charge in [0.05, 0.1) is 24.8 Å². The highest BCUT2D eigenvalue weighted by atomic mass is 16.7. The highest BCUT2D eigenvalue weighted by Gasteiger charge is 2.46. The van der Waals surface area contributed by atoms with E-state index in [0.717, 1.165) is 31.6 Å². The van der Waals surface area contributed by atoms with Crippen LogP contribution in [0.5, 0.6) is 11.5 Å². The molecule has 0 aliphatic carbocycles. The second kappa shape index (κ2) is 10.3. The van der Waals surface area contributed by atoms with Gasteiger partial charge in [0.15, 0.2) is 11.5 Å². The van der Waals surface area contributed by atoms with Gasteiger partial charge in [-0.05, 0) is 41.7 Å². The Labute approximate surface area is 211 Å². The molecule has 3 aliphatic heterocycles. The van der Waals surface area contributed by atoms with Crippen molar-refractivity contribution < 1.29 is 28.9 Å². The number of aliphatic hydroxyl groups excluding tert-OH is 1. The summed E-state index contributed by atoms with van der Waals surface area (Å²) in [7, 11) is 0. The minimum absolute atomic E-state index is 0.0996. The van der Waals surface area contributed by atoms with Crippen molar-refractivity contribution in [3.8, 4) is 11.5 Å². The third kappa shape index (κ3) is 4.70. The molecular weight excluding hydrogens is 460 g/mol. The molecule has 0 saturated carbocycles. The number of benzene rings is 2. The van der Waals surface area contributed by atoms with Gasteiger partial charge in [-0.3, -0.25) is 14.5 Å². The van der Waals surface area contributed by atoms with Crippen molar-refractivity contribution in [3.05, 3.63) is 64.7 Å². The number of Topliss-reactive ketones (excluding diaryl/α,β-unsaturated/α-hetero) is 1. The van der Waals surface area contributed by atoms with Gasteiger partial charge in [-0.25, -0.2) is 0 Å². The van der Waals surface area contributed by atoms with Crippen molar-refractivity contribution in [2.45, 2.75) is 32.2 Å². The van der Waals surface area contributed by atoms with Crippen LogP contribution in [0.2, 0.25) is 0 Å². The Bertz CT molecular complexity index is 1170. The van der Waals surface area contributed by atoms with Gasteiger partial charge in [0, 0.05) is 31.7 Å². The number of likely N-dealkylation sites (tertiary alicyclic amines) is 1. The first kappa shape index (κ1) is 24.3. The molecule has 2 aromatic carbocycles. The molecule has 1 atom stereocenters. The van der Waals surface area contributed by atoms with E-state index in [9.17, 15) is 14.7 Å². The zero-order valence-electron chi connectivity index (χ0n) is 20.7. The quantitative estimate of drug-likeness (QED) is 0.358. The largest absolute Gasteiger partial charge is 0.507 e. The predicted molar refractivity (Wildman–Crippen MR) is 134 cm³/mol. The normalized spacial score (nSPS) is 21.5. The Hall–Kier alpha value is -3.36. The van der Waals surface area contributed by atoms with Gasteiger partial charge in [0.25, 0.3) is 11.7 Å². The molecule has 0 spiro atoms. The highest BCUT2D eigenvalue weighted by molar-refractivity contribution is 6.46. The number of nitrogens with zero attached hydrogens (tertiary/aromatic N) is 2. The minimum Gasteiger partial charge on any atom is -0.507 e. The van der Waals surface area contributed by atoms with Crippen LogP contribution in [0.25, 0.3) is 5.76 Å². The minimum atomic E-state index is -0.672. The molecule has 2 aromatic rings. The lowest BCUT2D eigenvalue weighted by atomic mass is 9.93. The van der Waals surface area contributed by atoms with E-state index in [1.54, 1.807) is 23.1 Å². The van der Waals surface area contributed by atoms with Crippen molar-refractivity contribution >= 4 is 17.4 Å². The Morgan fingerprint density at radius 1 is 1.00 bits per heavy atom. The van der Waals surface area contributed by atoms with Crippen LogP contribution < -0.4 is 9.47 Å². The van der Waals surface area contributed by atoms with Crippen molar-refractivity contribution in [1.29, 1.82) is 0 Å². The second-order valence-corrected chi connectivity index (χ2v) is 9.69. The van der Waals surface area contributed by atoms with E-state index in [0.29, 0.717) is 42.7 Å². The fraction of sp³-hybridized carbons (Fsp3) is 0.429. The Balaban J connectivity index is 1.48. The average Bonchev–Trinajstić information content (AvgIpc) is 3.47. The molecule has 1 N–H and O–H groups in total. The molecule has 0 radical (unpaired) electrons. The Morgan fingerprint density at radius 3 is 2.44 bits per heavy atom. The summed E-state index contributed by atoms with van der Waals surface area (Å²) in [5.41, 5.74) is 2.47. The number of amides is 1. The van der Waals surface area contributed by atoms with E-state index in [1.807, 2.05) is 24.3 Å². The first-order valence-electron chi connectivity index (χ1n) is 12.5. The predicted octanol–water partition coefficient (Wildman–Crippen LogP) is 3.68. The standard InChI is InChI=1S/C28H32N2O6/c1-18(2)19-4-6-20(7-5-19)25-24(26(31)21-8-9-22-23(16-21)36-17-35-22)27(32)28(33)30(25)11-3-10-29-12-14-34-15-13-29/h4-9,16,18,25,31H,3,10-15,17H2,1-2H3/b26-24+. The van der Waals surface area contributed by atoms with Crippen LogP contribution in [0.3, 0.4) is 0 Å². The van der Waals surface area contributed by atoms with Crippen LogP contribution in [-0.4, -0.2) is 72.8 Å². The van der Waals surface area contributed by atoms with Crippen molar-refractivity contribution in [3.63, 3.8) is 0 Å². The maximum atomic E-state index is 13.3. The summed E-state index contributed by atoms with van der Waals surface area (Å²) in [6, 6.07) is 12.3. The summed E-state index contributed by atoms with van der Waals surface area (Å²) in [4.78, 5) is 30.4. The van der Waals surface area contributed by atoms with Crippen molar-refractivity contribution in [2.24, 2.45) is 0 Å². The zero-order valence-corrected chi connectivity index (χ0v) is 20.7. The summed E-state index contributed by atoms with van der Waals surface area (Å²) < 4.78 is 16.2. The van der Waals surface area contributed by atoms with Gasteiger partial charge in [-0.1, -0.05) is 38.1 Å². The number of rotatable bonds is 7. The average molecular weight is 493 g/mol. The molecule has 5 rings (SSSR count). The molecule has 8 heteroatoms. The van der Waals surface area contributed by atoms with Crippen LogP contribution in [0.1, 0.15) is 48.9 Å². The first-order valence-corrected chi connectivity index (χ1v) is 12.5. The number of carbonyl (C=O) groups excluding carboxylic acids is 2. The molecular formula is C28H32N2O6. The number of carbonyl (C=O) groups is 2. The van der Waals surface area contributed by atoms with E-state index in [-0.39, 0.29) is 18.1 Å². The maximum absolute atomic E-state index is 13.3. The molecule has 3 heterocycles. The van der Waals surface area contributed by atoms with Gasteiger partial charge < -0.3 is 24.2 Å². The molecule has 2 fully saturated rings. The summed E-state index contributed by atoms with van der Waals surface area (Å²) in [5.74, 6) is -0.0351. The number of aliphatic hydroxyl groups is 1. The molecule has 1 amide bonds. The fourth-order valence-electron chi connectivity index (χ4n) is 5.01. The van der Waals surface area contributed by atoms with Gasteiger partial charge in [-0.15, -0.1) is 0 Å². The van der Waals surface area contributed by atoms with E-state index in [4.69, 9.17) is 14.2 Å². The van der Waals surface area contributed by atoms with Crippen LogP contribution in [-0.2, 0) is 14.3 Å². The van der Waals surface area contributed by atoms with E-state index < -0.39 is 17.7 Å². The van der Waals surface area contributed by atoms with Crippen LogP contribution in [0.4, 0.5) is 0 Å². The third-order valence-electron chi connectivity index (χ3n) is 7.08. The van der Waals surface area contributed by atoms with Crippen molar-refractivity contribution in [1.82, 2.24) is 9.80 Å². The maximum Gasteiger partial charge on any atom is 0.295 e. The number of hydrogen-bond donors (Lipinski definition) is 1. The van der Waals surface area contributed by atoms with Gasteiger partial charge in [-0.2, -0.15) is 0 Å². The third-order valence-corrected chi connectivity index (χ3v) is 7.08. The van der Waals surface area contributed by atoms with E-state index in [1.165, 1.54) is 5.56 Å². The molecule has 1 unspecified atom stereocenters. The zero-order chi connectivity index (χ0) is 25.2. The van der Waals surface area contributed by atoms with Crippen molar-refractivity contribution in [2.75, 3.05) is 46.2 Å². The molecule has 0 bridgehead atoms. The lowest BCUT2D eigenvalue weighted by molar-refractivity contribution is -0.140. The number of morpholine rings is 1. The molecule has 0 aromatic heterocycles. The summed E-state index contributed by atoms with van der Waals surface area (Å²) in [6.45, 7) is 8.72. The number of fused-ring (bicyclic) bond motifs is 1. The Morgan fingerprint density at radius 2 is 1.72 bits per heavy atom. The number of ketones is 1. The van der Waals surface area contributed by atoms with E-state index >= 15 is 0 Å². The SMILES string of the molecule is CC(C)c1ccc(C2/C(=C(\O)c3ccc4c(c3)OCO4)C(=O)C(=O)N2CCCN2CCOCC2)cc1. The smallest absolute Gasteiger partial charge is 0.295 e. The lowest BCUT2D eigenvalue weighted by Crippen LogP contribution is -2.38. The molecule has 36 heavy (non-hydrogen) atoms. The number of ether oxygens (including phenoxy) is 3. The molecule has 2 saturated heterocycles. The summed E-state index contributed by atoms with van der Waals surface area (Å²) >= 11 is 0. The molecule has 190 valence electrons. The van der Waals surface area contributed by atoms with Crippen LogP contribution in [0, 0.1) is 0 Å². The molecule has 3 aliphatic rings. The van der Waals surface area contributed by atoms with Gasteiger partial charge >= 0.3 is 0 Å². The highest BCUT2D eigenvalue weighted by Crippen LogP contribution is 2.41. The fourth-order valence-corrected chi connectivity index (χ4v) is 5.01. The van der Waals surface area contributed by atoms with E-state index in [2.05, 4.69) is 18.7 Å². The lowest BCUT2D eigenvalue weighted by Gasteiger charge is -2.29. The summed E-state index contributed by atoms with van der Waals surface area (Å²) in [6.07, 6.45) is 0.720. The van der Waals surface area contributed by atoms with Crippen LogP contribution in [0.15, 0.2) is 48.0 Å². The number of hydrogen-bond acceptors (Lipinski definition) is 7. The van der Waals surface area contributed by atoms with Gasteiger partial charge in [0.1, 0.15) is 5.76 Å². The first-order chi connectivity index (χ1) is 17.4. The van der Waals surface area contributed by atoms with Gasteiger partial charge in [0.2, 0.25) is 6.79 Å².